The van der Waals surface area contributed by atoms with Crippen LogP contribution in [0, 0.1) is 5.82 Å². The molecule has 0 N–H and O–H groups in total. The molecule has 3 aromatic rings. The lowest BCUT2D eigenvalue weighted by molar-refractivity contribution is 0.0973. The van der Waals surface area contributed by atoms with Crippen LogP contribution in [0.3, 0.4) is 0 Å². The number of hydrogen-bond donors (Lipinski definition) is 0. The van der Waals surface area contributed by atoms with Crippen LogP contribution >= 0.6 is 0 Å². The van der Waals surface area contributed by atoms with Crippen LogP contribution in [-0.2, 0) is 6.54 Å². The molecule has 0 aliphatic carbocycles. The van der Waals surface area contributed by atoms with Crippen LogP contribution in [0.4, 0.5) is 4.39 Å². The molecule has 0 spiro atoms. The average molecular weight is 285 g/mol. The standard InChI is InChI=1S/C16H12FNO3/c17-12-6-2-1-5-11(12)14(19)9-10-18-13-7-3-4-8-15(13)21-16(18)20/h1-8H,9-10H2. The van der Waals surface area contributed by atoms with E-state index < -0.39 is 11.6 Å². The van der Waals surface area contributed by atoms with Gasteiger partial charge in [-0.25, -0.2) is 9.18 Å². The van der Waals surface area contributed by atoms with Crippen LogP contribution in [0.2, 0.25) is 0 Å². The van der Waals surface area contributed by atoms with Crippen molar-refractivity contribution < 1.29 is 13.6 Å². The number of carbonyl (C=O) groups excluding carboxylic acids is 1. The fourth-order valence-electron chi connectivity index (χ4n) is 2.26. The van der Waals surface area contributed by atoms with E-state index in [9.17, 15) is 14.0 Å². The van der Waals surface area contributed by atoms with Crippen LogP contribution in [0.15, 0.2) is 57.7 Å². The van der Waals surface area contributed by atoms with Gasteiger partial charge in [0.25, 0.3) is 0 Å². The van der Waals surface area contributed by atoms with Gasteiger partial charge >= 0.3 is 5.76 Å². The number of ketones is 1. The molecule has 106 valence electrons. The van der Waals surface area contributed by atoms with Crippen LogP contribution in [0.5, 0.6) is 0 Å². The van der Waals surface area contributed by atoms with Gasteiger partial charge in [-0.1, -0.05) is 24.3 Å². The maximum Gasteiger partial charge on any atom is 0.419 e. The van der Waals surface area contributed by atoms with Crippen molar-refractivity contribution in [3.63, 3.8) is 0 Å². The summed E-state index contributed by atoms with van der Waals surface area (Å²) in [5.74, 6) is -1.41. The number of para-hydroxylation sites is 2. The number of nitrogens with zero attached hydrogens (tertiary/aromatic N) is 1. The maximum atomic E-state index is 13.5. The molecule has 4 nitrogen and oxygen atoms in total. The third-order valence-electron chi connectivity index (χ3n) is 3.31. The molecule has 0 unspecified atom stereocenters. The highest BCUT2D eigenvalue weighted by molar-refractivity contribution is 5.96. The van der Waals surface area contributed by atoms with Crippen LogP contribution in [-0.4, -0.2) is 10.4 Å². The van der Waals surface area contributed by atoms with E-state index >= 15 is 0 Å². The minimum absolute atomic E-state index is 0.0321. The van der Waals surface area contributed by atoms with Gasteiger partial charge in [-0.05, 0) is 24.3 Å². The summed E-state index contributed by atoms with van der Waals surface area (Å²) in [6.07, 6.45) is 0.0321. The molecule has 5 heteroatoms. The molecule has 1 aromatic heterocycles. The van der Waals surface area contributed by atoms with Crippen molar-refractivity contribution in [1.29, 1.82) is 0 Å². The summed E-state index contributed by atoms with van der Waals surface area (Å²) in [5, 5.41) is 0. The highest BCUT2D eigenvalue weighted by Gasteiger charge is 2.13. The molecule has 0 radical (unpaired) electrons. The summed E-state index contributed by atoms with van der Waals surface area (Å²) in [6, 6.07) is 12.8. The molecule has 1 heterocycles. The lowest BCUT2D eigenvalue weighted by Crippen LogP contribution is -2.17. The number of halogens is 1. The predicted octanol–water partition coefficient (Wildman–Crippen LogP) is 3.01. The number of benzene rings is 2. The molecule has 0 amide bonds. The minimum atomic E-state index is -0.549. The monoisotopic (exact) mass is 285 g/mol. The number of rotatable bonds is 4. The molecule has 0 atom stereocenters. The van der Waals surface area contributed by atoms with Crippen molar-refractivity contribution in [3.8, 4) is 0 Å². The van der Waals surface area contributed by atoms with E-state index in [-0.39, 0.29) is 24.3 Å². The summed E-state index contributed by atoms with van der Waals surface area (Å²) >= 11 is 0. The van der Waals surface area contributed by atoms with E-state index in [1.54, 1.807) is 30.3 Å². The van der Waals surface area contributed by atoms with Gasteiger partial charge in [0.05, 0.1) is 11.1 Å². The minimum Gasteiger partial charge on any atom is -0.408 e. The van der Waals surface area contributed by atoms with Gasteiger partial charge in [0.15, 0.2) is 11.4 Å². The van der Waals surface area contributed by atoms with E-state index in [1.807, 2.05) is 0 Å². The smallest absolute Gasteiger partial charge is 0.408 e. The van der Waals surface area contributed by atoms with Crippen molar-refractivity contribution in [2.45, 2.75) is 13.0 Å². The van der Waals surface area contributed by atoms with Crippen LogP contribution < -0.4 is 5.76 Å². The number of hydrogen-bond acceptors (Lipinski definition) is 3. The SMILES string of the molecule is O=C(CCn1c(=O)oc2ccccc21)c1ccccc1F. The highest BCUT2D eigenvalue weighted by Crippen LogP contribution is 2.14. The van der Waals surface area contributed by atoms with E-state index in [0.717, 1.165) is 0 Å². The second kappa shape index (κ2) is 5.36. The zero-order chi connectivity index (χ0) is 14.8. The largest absolute Gasteiger partial charge is 0.419 e. The summed E-state index contributed by atoms with van der Waals surface area (Å²) in [5.41, 5.74) is 1.14. The van der Waals surface area contributed by atoms with Crippen molar-refractivity contribution in [2.24, 2.45) is 0 Å². The zero-order valence-corrected chi connectivity index (χ0v) is 11.1. The molecule has 3 rings (SSSR count). The third kappa shape index (κ3) is 2.50. The van der Waals surface area contributed by atoms with Gasteiger partial charge in [0.2, 0.25) is 0 Å². The first-order valence-corrected chi connectivity index (χ1v) is 6.53. The normalized spacial score (nSPS) is 10.9. The zero-order valence-electron chi connectivity index (χ0n) is 11.1. The van der Waals surface area contributed by atoms with E-state index in [0.29, 0.717) is 11.1 Å². The summed E-state index contributed by atoms with van der Waals surface area (Å²) < 4.78 is 20.0. The molecule has 0 saturated carbocycles. The Kier molecular flexibility index (Phi) is 3.39. The maximum absolute atomic E-state index is 13.5. The van der Waals surface area contributed by atoms with Gasteiger partial charge in [-0.2, -0.15) is 0 Å². The lowest BCUT2D eigenvalue weighted by atomic mass is 10.1. The third-order valence-corrected chi connectivity index (χ3v) is 3.31. The molecule has 21 heavy (non-hydrogen) atoms. The van der Waals surface area contributed by atoms with Gasteiger partial charge in [-0.3, -0.25) is 9.36 Å². The average Bonchev–Trinajstić information content (AvgIpc) is 2.81. The van der Waals surface area contributed by atoms with Crippen LogP contribution in [0.25, 0.3) is 11.1 Å². The molecule has 2 aromatic carbocycles. The van der Waals surface area contributed by atoms with E-state index in [2.05, 4.69) is 0 Å². The fraction of sp³-hybridized carbons (Fsp3) is 0.125. The predicted molar refractivity (Wildman–Crippen MR) is 75.8 cm³/mol. The Morgan fingerprint density at radius 3 is 2.62 bits per heavy atom. The second-order valence-corrected chi connectivity index (χ2v) is 4.64. The number of aryl methyl sites for hydroxylation is 1. The quantitative estimate of drug-likeness (QED) is 0.692. The molecule has 0 fully saturated rings. The first kappa shape index (κ1) is 13.3. The van der Waals surface area contributed by atoms with E-state index in [1.165, 1.54) is 22.8 Å². The molecule has 0 aliphatic heterocycles. The highest BCUT2D eigenvalue weighted by atomic mass is 19.1. The van der Waals surface area contributed by atoms with Crippen molar-refractivity contribution >= 4 is 16.9 Å². The number of aromatic nitrogens is 1. The number of Topliss-reactive ketones (excluding diaryl/α,β-unsaturated/α-hetero) is 1. The van der Waals surface area contributed by atoms with Gasteiger partial charge in [0, 0.05) is 13.0 Å². The Labute approximate surface area is 119 Å². The number of carbonyl (C=O) groups is 1. The topological polar surface area (TPSA) is 52.2 Å². The molecular weight excluding hydrogens is 273 g/mol. The Bertz CT molecular complexity index is 863. The Hall–Kier alpha value is -2.69. The van der Waals surface area contributed by atoms with Gasteiger partial charge < -0.3 is 4.42 Å². The first-order valence-electron chi connectivity index (χ1n) is 6.53. The first-order chi connectivity index (χ1) is 10.2. The summed E-state index contributed by atoms with van der Waals surface area (Å²) in [4.78, 5) is 23.8. The Balaban J connectivity index is 1.84. The van der Waals surface area contributed by atoms with Crippen molar-refractivity contribution in [3.05, 3.63) is 70.5 Å². The molecule has 0 bridgehead atoms. The molecular formula is C16H12FNO3. The van der Waals surface area contributed by atoms with Crippen LogP contribution in [0.1, 0.15) is 16.8 Å². The fourth-order valence-corrected chi connectivity index (χ4v) is 2.26. The summed E-state index contributed by atoms with van der Waals surface area (Å²) in [7, 11) is 0. The lowest BCUT2D eigenvalue weighted by Gasteiger charge is -2.03. The number of oxazole rings is 1. The summed E-state index contributed by atoms with van der Waals surface area (Å²) in [6.45, 7) is 0.156. The second-order valence-electron chi connectivity index (χ2n) is 4.64. The van der Waals surface area contributed by atoms with Gasteiger partial charge in [0.1, 0.15) is 5.82 Å². The number of fused-ring (bicyclic) bond motifs is 1. The molecule has 0 aliphatic rings. The molecule has 0 saturated heterocycles. The van der Waals surface area contributed by atoms with Crippen molar-refractivity contribution in [2.75, 3.05) is 0 Å². The van der Waals surface area contributed by atoms with Gasteiger partial charge in [-0.15, -0.1) is 0 Å². The van der Waals surface area contributed by atoms with E-state index in [4.69, 9.17) is 4.42 Å². The Morgan fingerprint density at radius 1 is 1.10 bits per heavy atom. The Morgan fingerprint density at radius 2 is 1.81 bits per heavy atom. The van der Waals surface area contributed by atoms with Crippen molar-refractivity contribution in [1.82, 2.24) is 4.57 Å².